The van der Waals surface area contributed by atoms with Crippen LogP contribution in [0.15, 0.2) is 0 Å². The summed E-state index contributed by atoms with van der Waals surface area (Å²) < 4.78 is 11.2. The quantitative estimate of drug-likeness (QED) is 0.452. The molecule has 1 aliphatic rings. The van der Waals surface area contributed by atoms with Crippen molar-refractivity contribution in [3.05, 3.63) is 0 Å². The van der Waals surface area contributed by atoms with Crippen LogP contribution in [-0.4, -0.2) is 27.4 Å². The molecular formula is C6H15O2PSi. The Hall–Kier alpha value is 0.567. The Balaban J connectivity index is 2.31. The first-order chi connectivity index (χ1) is 4.64. The Morgan fingerprint density at radius 1 is 1.30 bits per heavy atom. The molecule has 1 saturated heterocycles. The molecule has 0 N–H and O–H groups in total. The Morgan fingerprint density at radius 2 is 1.80 bits per heavy atom. The smallest absolute Gasteiger partial charge is 0.332 e. The molecule has 1 heterocycles. The second-order valence-electron chi connectivity index (χ2n) is 2.93. The highest BCUT2D eigenvalue weighted by atomic mass is 31.1. The van der Waals surface area contributed by atoms with E-state index in [4.69, 9.17) is 8.85 Å². The minimum Gasteiger partial charge on any atom is -0.390 e. The largest absolute Gasteiger partial charge is 0.390 e. The normalized spacial score (nSPS) is 26.7. The van der Waals surface area contributed by atoms with E-state index in [1.807, 2.05) is 0 Å². The predicted octanol–water partition coefficient (Wildman–Crippen LogP) is 2.15. The Kier molecular flexibility index (Phi) is 2.87. The Bertz CT molecular complexity index is 108. The van der Waals surface area contributed by atoms with Gasteiger partial charge >= 0.3 is 8.56 Å². The zero-order valence-corrected chi connectivity index (χ0v) is 8.78. The van der Waals surface area contributed by atoms with E-state index in [1.165, 1.54) is 6.16 Å². The summed E-state index contributed by atoms with van der Waals surface area (Å²) in [5.41, 5.74) is 0. The van der Waals surface area contributed by atoms with Crippen molar-refractivity contribution in [1.29, 1.82) is 0 Å². The molecule has 0 aromatic rings. The summed E-state index contributed by atoms with van der Waals surface area (Å²) in [6, 6.07) is 0. The summed E-state index contributed by atoms with van der Waals surface area (Å²) in [6.07, 6.45) is 3.19. The van der Waals surface area contributed by atoms with Gasteiger partial charge in [0.15, 0.2) is 0 Å². The first kappa shape index (κ1) is 8.66. The third-order valence-electron chi connectivity index (χ3n) is 1.64. The fourth-order valence-electron chi connectivity index (χ4n) is 0.755. The van der Waals surface area contributed by atoms with Crippen LogP contribution >= 0.6 is 7.92 Å². The van der Waals surface area contributed by atoms with Crippen molar-refractivity contribution >= 4 is 16.5 Å². The summed E-state index contributed by atoms with van der Waals surface area (Å²) in [5, 5.41) is 0. The topological polar surface area (TPSA) is 18.5 Å². The van der Waals surface area contributed by atoms with Crippen LogP contribution < -0.4 is 0 Å². The molecule has 0 saturated carbocycles. The molecule has 1 fully saturated rings. The van der Waals surface area contributed by atoms with Crippen molar-refractivity contribution in [3.63, 3.8) is 0 Å². The summed E-state index contributed by atoms with van der Waals surface area (Å²) in [5.74, 6) is 0. The molecule has 0 bridgehead atoms. The minimum atomic E-state index is -1.63. The molecule has 60 valence electrons. The zero-order chi connectivity index (χ0) is 7.61. The highest BCUT2D eigenvalue weighted by Crippen LogP contribution is 2.40. The molecular weight excluding hydrogens is 163 g/mol. The molecule has 0 amide bonds. The molecule has 1 aliphatic heterocycles. The van der Waals surface area contributed by atoms with Crippen molar-refractivity contribution in [2.24, 2.45) is 0 Å². The maximum absolute atomic E-state index is 5.61. The van der Waals surface area contributed by atoms with Crippen LogP contribution in [0.1, 0.15) is 6.92 Å². The molecule has 0 atom stereocenters. The van der Waals surface area contributed by atoms with Crippen LogP contribution in [0.3, 0.4) is 0 Å². The minimum absolute atomic E-state index is 0.0623. The van der Waals surface area contributed by atoms with Crippen LogP contribution in [-0.2, 0) is 8.85 Å². The summed E-state index contributed by atoms with van der Waals surface area (Å²) >= 11 is 0. The number of hydrogen-bond donors (Lipinski definition) is 0. The molecule has 0 radical (unpaired) electrons. The molecule has 0 aromatic heterocycles. The molecule has 1 rings (SSSR count). The first-order valence-corrected chi connectivity index (χ1v) is 8.36. The second-order valence-corrected chi connectivity index (χ2v) is 8.80. The van der Waals surface area contributed by atoms with Gasteiger partial charge in [-0.3, -0.25) is 0 Å². The van der Waals surface area contributed by atoms with Crippen LogP contribution in [0.25, 0.3) is 0 Å². The molecule has 0 unspecified atom stereocenters. The lowest BCUT2D eigenvalue weighted by atomic mass is 11.0. The summed E-state index contributed by atoms with van der Waals surface area (Å²) in [6.45, 7) is 6.42. The van der Waals surface area contributed by atoms with Crippen molar-refractivity contribution in [1.82, 2.24) is 0 Å². The average molecular weight is 178 g/mol. The third kappa shape index (κ3) is 2.31. The Morgan fingerprint density at radius 3 is 2.20 bits per heavy atom. The van der Waals surface area contributed by atoms with Gasteiger partial charge < -0.3 is 8.85 Å². The Labute approximate surface area is 64.9 Å². The van der Waals surface area contributed by atoms with Gasteiger partial charge in [-0.25, -0.2) is 0 Å². The predicted molar refractivity (Wildman–Crippen MR) is 46.8 cm³/mol. The van der Waals surface area contributed by atoms with Gasteiger partial charge in [0.25, 0.3) is 0 Å². The van der Waals surface area contributed by atoms with E-state index in [0.29, 0.717) is 0 Å². The van der Waals surface area contributed by atoms with Crippen molar-refractivity contribution in [2.75, 3.05) is 18.9 Å². The number of hydrogen-bond acceptors (Lipinski definition) is 2. The molecule has 0 aliphatic carbocycles. The van der Waals surface area contributed by atoms with E-state index in [9.17, 15) is 0 Å². The molecule has 4 heteroatoms. The van der Waals surface area contributed by atoms with E-state index in [1.54, 1.807) is 0 Å². The highest BCUT2D eigenvalue weighted by Gasteiger charge is 2.30. The van der Waals surface area contributed by atoms with Gasteiger partial charge in [0, 0.05) is 0 Å². The molecule has 0 aromatic carbocycles. The fourth-order valence-corrected chi connectivity index (χ4v) is 5.23. The van der Waals surface area contributed by atoms with Crippen LogP contribution in [0.4, 0.5) is 0 Å². The zero-order valence-electron chi connectivity index (χ0n) is 6.89. The van der Waals surface area contributed by atoms with E-state index in [2.05, 4.69) is 20.0 Å². The van der Waals surface area contributed by atoms with Gasteiger partial charge in [-0.15, -0.1) is 0 Å². The van der Waals surface area contributed by atoms with Gasteiger partial charge in [-0.05, 0) is 19.3 Å². The molecule has 0 spiro atoms. The van der Waals surface area contributed by atoms with Crippen molar-refractivity contribution in [3.8, 4) is 0 Å². The monoisotopic (exact) mass is 178 g/mol. The maximum Gasteiger partial charge on any atom is 0.332 e. The van der Waals surface area contributed by atoms with Crippen LogP contribution in [0.5, 0.6) is 0 Å². The van der Waals surface area contributed by atoms with Gasteiger partial charge in [0.1, 0.15) is 0 Å². The third-order valence-corrected chi connectivity index (χ3v) is 5.68. The lowest BCUT2D eigenvalue weighted by Gasteiger charge is -2.32. The summed E-state index contributed by atoms with van der Waals surface area (Å²) in [7, 11) is -1.57. The van der Waals surface area contributed by atoms with Crippen molar-refractivity contribution in [2.45, 2.75) is 20.0 Å². The average Bonchev–Trinajstić information content (AvgIpc) is 1.88. The van der Waals surface area contributed by atoms with E-state index in [0.717, 1.165) is 12.7 Å². The maximum atomic E-state index is 5.61. The number of rotatable bonds is 1. The van der Waals surface area contributed by atoms with Gasteiger partial charge in [0.2, 0.25) is 0 Å². The highest BCUT2D eigenvalue weighted by molar-refractivity contribution is 7.57. The molecule has 10 heavy (non-hydrogen) atoms. The van der Waals surface area contributed by atoms with E-state index < -0.39 is 8.56 Å². The second kappa shape index (κ2) is 3.31. The fraction of sp³-hybridized carbons (Fsp3) is 1.00. The van der Waals surface area contributed by atoms with E-state index in [-0.39, 0.29) is 7.92 Å². The SMILES string of the molecule is CCP1CO[Si](C)(C)OC1. The van der Waals surface area contributed by atoms with Crippen molar-refractivity contribution < 1.29 is 8.85 Å². The van der Waals surface area contributed by atoms with Crippen LogP contribution in [0, 0.1) is 0 Å². The van der Waals surface area contributed by atoms with Gasteiger partial charge in [0.05, 0.1) is 12.7 Å². The lowest BCUT2D eigenvalue weighted by molar-refractivity contribution is 0.213. The first-order valence-electron chi connectivity index (χ1n) is 3.64. The van der Waals surface area contributed by atoms with Gasteiger partial charge in [-0.2, -0.15) is 0 Å². The molecule has 2 nitrogen and oxygen atoms in total. The summed E-state index contributed by atoms with van der Waals surface area (Å²) in [4.78, 5) is 0. The standard InChI is InChI=1S/C6H15O2PSi/c1-4-9-5-7-10(2,3)8-6-9/h4-6H2,1-3H3. The van der Waals surface area contributed by atoms with E-state index >= 15 is 0 Å². The van der Waals surface area contributed by atoms with Gasteiger partial charge in [-0.1, -0.05) is 14.8 Å². The van der Waals surface area contributed by atoms with Crippen LogP contribution in [0.2, 0.25) is 13.1 Å². The lowest BCUT2D eigenvalue weighted by Crippen LogP contribution is -2.38.